The van der Waals surface area contributed by atoms with Crippen molar-refractivity contribution in [2.75, 3.05) is 0 Å². The average Bonchev–Trinajstić information content (AvgIpc) is 2.70. The molecule has 0 amide bonds. The summed E-state index contributed by atoms with van der Waals surface area (Å²) >= 11 is 0. The lowest BCUT2D eigenvalue weighted by atomic mass is 10.1. The van der Waals surface area contributed by atoms with E-state index in [-0.39, 0.29) is 6.42 Å². The van der Waals surface area contributed by atoms with Crippen molar-refractivity contribution in [1.29, 1.82) is 0 Å². The van der Waals surface area contributed by atoms with Crippen LogP contribution in [0.1, 0.15) is 85.0 Å². The molecule has 0 aromatic rings. The zero-order valence-electron chi connectivity index (χ0n) is 18.7. The molecular formula is C24H38O6. The third kappa shape index (κ3) is 16.7. The van der Waals surface area contributed by atoms with Gasteiger partial charge in [0.2, 0.25) is 0 Å². The minimum atomic E-state index is -1.33. The van der Waals surface area contributed by atoms with Gasteiger partial charge in [0.05, 0.1) is 0 Å². The summed E-state index contributed by atoms with van der Waals surface area (Å²) in [4.78, 5) is 34.5. The number of carbonyl (C=O) groups is 3. The summed E-state index contributed by atoms with van der Waals surface area (Å²) in [6, 6.07) is 0. The number of rotatable bonds is 16. The summed E-state index contributed by atoms with van der Waals surface area (Å²) in [5.41, 5.74) is 0. The number of unbranched alkanes of at least 4 members (excludes halogenated alkanes) is 5. The second-order valence-corrected chi connectivity index (χ2v) is 7.15. The van der Waals surface area contributed by atoms with E-state index >= 15 is 0 Å². The van der Waals surface area contributed by atoms with Crippen molar-refractivity contribution in [3.8, 4) is 0 Å². The topological polar surface area (TPSA) is 89.9 Å². The normalized spacial score (nSPS) is 13.7. The van der Waals surface area contributed by atoms with Crippen molar-refractivity contribution in [3.05, 3.63) is 36.5 Å². The molecule has 6 nitrogen and oxygen atoms in total. The maximum Gasteiger partial charge on any atom is 0.354 e. The van der Waals surface area contributed by atoms with Gasteiger partial charge in [0.1, 0.15) is 6.10 Å². The van der Waals surface area contributed by atoms with Gasteiger partial charge in [-0.15, -0.1) is 0 Å². The molecule has 6 heteroatoms. The Balaban J connectivity index is 3.64. The van der Waals surface area contributed by atoms with Gasteiger partial charge in [-0.2, -0.15) is 0 Å². The SMILES string of the molecule is CCC=CCC=CCC=CCCCCCCCC(=O)OC(=O)C(C)OC(=O)C(C)O. The number of carbonyl (C=O) groups excluding carboxylic acids is 3. The quantitative estimate of drug-likeness (QED) is 0.164. The molecule has 0 fully saturated rings. The van der Waals surface area contributed by atoms with E-state index in [0.717, 1.165) is 51.4 Å². The number of hydrogen-bond donors (Lipinski definition) is 1. The van der Waals surface area contributed by atoms with Crippen LogP contribution in [0.5, 0.6) is 0 Å². The molecule has 0 aromatic heterocycles. The highest BCUT2D eigenvalue weighted by molar-refractivity contribution is 5.89. The van der Waals surface area contributed by atoms with Gasteiger partial charge < -0.3 is 14.6 Å². The summed E-state index contributed by atoms with van der Waals surface area (Å²) in [6.45, 7) is 4.66. The molecule has 170 valence electrons. The van der Waals surface area contributed by atoms with Crippen molar-refractivity contribution in [2.24, 2.45) is 0 Å². The molecule has 0 aliphatic rings. The van der Waals surface area contributed by atoms with E-state index in [2.05, 4.69) is 52.9 Å². The molecule has 0 bridgehead atoms. The van der Waals surface area contributed by atoms with Crippen molar-refractivity contribution in [2.45, 2.75) is 97.2 Å². The van der Waals surface area contributed by atoms with E-state index in [0.29, 0.717) is 6.42 Å². The van der Waals surface area contributed by atoms with E-state index in [1.54, 1.807) is 0 Å². The van der Waals surface area contributed by atoms with Gasteiger partial charge >= 0.3 is 17.9 Å². The maximum absolute atomic E-state index is 11.7. The van der Waals surface area contributed by atoms with E-state index in [1.807, 2.05) is 0 Å². The van der Waals surface area contributed by atoms with Gasteiger partial charge in [0.25, 0.3) is 0 Å². The van der Waals surface area contributed by atoms with E-state index in [1.165, 1.54) is 13.8 Å². The molecule has 0 aliphatic heterocycles. The maximum atomic E-state index is 11.7. The second-order valence-electron chi connectivity index (χ2n) is 7.15. The van der Waals surface area contributed by atoms with Gasteiger partial charge in [0.15, 0.2) is 6.10 Å². The fourth-order valence-corrected chi connectivity index (χ4v) is 2.46. The lowest BCUT2D eigenvalue weighted by Gasteiger charge is -2.12. The molecule has 0 aliphatic carbocycles. The Morgan fingerprint density at radius 3 is 2.00 bits per heavy atom. The summed E-state index contributed by atoms with van der Waals surface area (Å²) in [5.74, 6) is -2.48. The van der Waals surface area contributed by atoms with E-state index < -0.39 is 30.1 Å². The monoisotopic (exact) mass is 422 g/mol. The van der Waals surface area contributed by atoms with Crippen molar-refractivity contribution in [3.63, 3.8) is 0 Å². The lowest BCUT2D eigenvalue weighted by Crippen LogP contribution is -2.31. The molecule has 0 saturated heterocycles. The third-order valence-electron chi connectivity index (χ3n) is 4.21. The van der Waals surface area contributed by atoms with Crippen molar-refractivity contribution < 1.29 is 29.0 Å². The summed E-state index contributed by atoms with van der Waals surface area (Å²) in [7, 11) is 0. The fraction of sp³-hybridized carbons (Fsp3) is 0.625. The molecule has 2 atom stereocenters. The summed E-state index contributed by atoms with van der Waals surface area (Å²) in [5, 5.41) is 9.03. The molecule has 0 radical (unpaired) electrons. The number of aliphatic hydroxyl groups excluding tert-OH is 1. The summed E-state index contributed by atoms with van der Waals surface area (Å²) < 4.78 is 9.33. The molecule has 1 N–H and O–H groups in total. The van der Waals surface area contributed by atoms with Gasteiger partial charge in [0, 0.05) is 6.42 Å². The first-order valence-corrected chi connectivity index (χ1v) is 11.0. The van der Waals surface area contributed by atoms with Crippen LogP contribution in [0.15, 0.2) is 36.5 Å². The van der Waals surface area contributed by atoms with Crippen molar-refractivity contribution >= 4 is 17.9 Å². The average molecular weight is 423 g/mol. The molecule has 0 spiro atoms. The Kier molecular flexibility index (Phi) is 17.4. The minimum Gasteiger partial charge on any atom is -0.449 e. The Morgan fingerprint density at radius 2 is 1.37 bits per heavy atom. The molecule has 0 aromatic carbocycles. The van der Waals surface area contributed by atoms with Crippen LogP contribution in [0.4, 0.5) is 0 Å². The predicted molar refractivity (Wildman–Crippen MR) is 118 cm³/mol. The van der Waals surface area contributed by atoms with Crippen LogP contribution in [0.25, 0.3) is 0 Å². The zero-order chi connectivity index (χ0) is 22.6. The van der Waals surface area contributed by atoms with E-state index in [4.69, 9.17) is 5.11 Å². The molecule has 0 rings (SSSR count). The third-order valence-corrected chi connectivity index (χ3v) is 4.21. The number of esters is 3. The minimum absolute atomic E-state index is 0.155. The Hall–Kier alpha value is -2.21. The van der Waals surface area contributed by atoms with Gasteiger partial charge in [-0.05, 0) is 52.4 Å². The summed E-state index contributed by atoms with van der Waals surface area (Å²) in [6.07, 6.45) is 19.6. The van der Waals surface area contributed by atoms with Crippen LogP contribution in [0.3, 0.4) is 0 Å². The van der Waals surface area contributed by atoms with Crippen LogP contribution < -0.4 is 0 Å². The standard InChI is InChI=1S/C24H38O6/c1-4-5-6-7-8-9-10-11-12-13-14-15-16-17-18-19-22(26)30-24(28)21(3)29-23(27)20(2)25/h5-6,8-9,11-12,20-21,25H,4,7,10,13-19H2,1-3H3. The van der Waals surface area contributed by atoms with E-state index in [9.17, 15) is 14.4 Å². The van der Waals surface area contributed by atoms with Gasteiger partial charge in [-0.25, -0.2) is 9.59 Å². The molecule has 30 heavy (non-hydrogen) atoms. The Morgan fingerprint density at radius 1 is 0.800 bits per heavy atom. The van der Waals surface area contributed by atoms with Crippen LogP contribution in [0.2, 0.25) is 0 Å². The zero-order valence-corrected chi connectivity index (χ0v) is 18.7. The second kappa shape index (κ2) is 18.8. The fourth-order valence-electron chi connectivity index (χ4n) is 2.46. The van der Waals surface area contributed by atoms with Crippen LogP contribution in [-0.2, 0) is 23.9 Å². The Bertz CT molecular complexity index is 574. The van der Waals surface area contributed by atoms with Crippen LogP contribution >= 0.6 is 0 Å². The molecule has 0 saturated carbocycles. The molecule has 0 heterocycles. The first-order chi connectivity index (χ1) is 14.4. The predicted octanol–water partition coefficient (Wildman–Crippen LogP) is 4.96. The van der Waals surface area contributed by atoms with Crippen LogP contribution in [-0.4, -0.2) is 35.2 Å². The first-order valence-electron chi connectivity index (χ1n) is 11.0. The Labute approximate surface area is 181 Å². The lowest BCUT2D eigenvalue weighted by molar-refractivity contribution is -0.176. The first kappa shape index (κ1) is 27.8. The smallest absolute Gasteiger partial charge is 0.354 e. The number of ether oxygens (including phenoxy) is 2. The number of allylic oxidation sites excluding steroid dienone is 6. The number of hydrogen-bond acceptors (Lipinski definition) is 6. The highest BCUT2D eigenvalue weighted by atomic mass is 16.6. The van der Waals surface area contributed by atoms with Gasteiger partial charge in [-0.1, -0.05) is 62.6 Å². The highest BCUT2D eigenvalue weighted by Gasteiger charge is 2.23. The van der Waals surface area contributed by atoms with Crippen molar-refractivity contribution in [1.82, 2.24) is 0 Å². The van der Waals surface area contributed by atoms with Crippen LogP contribution in [0, 0.1) is 0 Å². The molecule has 2 unspecified atom stereocenters. The van der Waals surface area contributed by atoms with Gasteiger partial charge in [-0.3, -0.25) is 4.79 Å². The largest absolute Gasteiger partial charge is 0.449 e. The number of aliphatic hydroxyl groups is 1. The highest BCUT2D eigenvalue weighted by Crippen LogP contribution is 2.09. The molecular weight excluding hydrogens is 384 g/mol.